The largest absolute Gasteiger partial charge is 0.375 e. The summed E-state index contributed by atoms with van der Waals surface area (Å²) >= 11 is 0. The molecule has 1 aromatic rings. The Bertz CT molecular complexity index is 491. The van der Waals surface area contributed by atoms with Gasteiger partial charge in [-0.3, -0.25) is 9.69 Å². The van der Waals surface area contributed by atoms with E-state index in [1.54, 1.807) is 18.2 Å². The lowest BCUT2D eigenvalue weighted by atomic mass is 10.1. The molecule has 0 spiro atoms. The van der Waals surface area contributed by atoms with Crippen LogP contribution >= 0.6 is 0 Å². The van der Waals surface area contributed by atoms with Gasteiger partial charge in [0.05, 0.1) is 18.3 Å². The number of fused-ring (bicyclic) bond motifs is 1. The number of hydrogen-bond acceptors (Lipinski definition) is 3. The number of morpholine rings is 1. The van der Waals surface area contributed by atoms with Gasteiger partial charge < -0.3 is 4.74 Å². The van der Waals surface area contributed by atoms with Crippen molar-refractivity contribution in [2.75, 3.05) is 19.7 Å². The quantitative estimate of drug-likeness (QED) is 0.792. The summed E-state index contributed by atoms with van der Waals surface area (Å²) in [5.41, 5.74) is 0.212. The fourth-order valence-corrected chi connectivity index (χ4v) is 3.35. The molecule has 20 heavy (non-hydrogen) atoms. The summed E-state index contributed by atoms with van der Waals surface area (Å²) in [6, 6.07) is 6.68. The van der Waals surface area contributed by atoms with Gasteiger partial charge >= 0.3 is 0 Å². The number of carbonyl (C=O) groups excluding carboxylic acids is 1. The third-order valence-electron chi connectivity index (χ3n) is 4.40. The Morgan fingerprint density at radius 1 is 1.35 bits per heavy atom. The molecule has 1 aliphatic carbocycles. The van der Waals surface area contributed by atoms with Crippen molar-refractivity contribution in [3.8, 4) is 0 Å². The number of ether oxygens (including phenoxy) is 1. The van der Waals surface area contributed by atoms with E-state index in [1.165, 1.54) is 12.5 Å². The van der Waals surface area contributed by atoms with Crippen molar-refractivity contribution >= 4 is 5.78 Å². The molecule has 3 rings (SSSR count). The van der Waals surface area contributed by atoms with E-state index in [0.717, 1.165) is 26.0 Å². The molecule has 1 heterocycles. The van der Waals surface area contributed by atoms with Crippen LogP contribution in [0.25, 0.3) is 0 Å². The van der Waals surface area contributed by atoms with Crippen LogP contribution in [-0.2, 0) is 4.74 Å². The number of hydrogen-bond donors (Lipinski definition) is 0. The Morgan fingerprint density at radius 3 is 3.05 bits per heavy atom. The topological polar surface area (TPSA) is 29.5 Å². The minimum absolute atomic E-state index is 0.107. The van der Waals surface area contributed by atoms with Crippen molar-refractivity contribution in [2.45, 2.75) is 37.8 Å². The molecule has 1 aromatic carbocycles. The molecule has 0 N–H and O–H groups in total. The summed E-state index contributed by atoms with van der Waals surface area (Å²) in [6.45, 7) is 2.33. The average Bonchev–Trinajstić information content (AvgIpc) is 2.94. The van der Waals surface area contributed by atoms with Gasteiger partial charge in [0.2, 0.25) is 0 Å². The third-order valence-corrected chi connectivity index (χ3v) is 4.40. The molecular weight excluding hydrogens is 257 g/mol. The van der Waals surface area contributed by atoms with Gasteiger partial charge in [-0.25, -0.2) is 4.39 Å². The van der Waals surface area contributed by atoms with E-state index < -0.39 is 5.82 Å². The predicted molar refractivity (Wildman–Crippen MR) is 74.3 cm³/mol. The highest BCUT2D eigenvalue weighted by Gasteiger charge is 2.35. The Kier molecular flexibility index (Phi) is 4.13. The molecule has 2 aliphatic rings. The van der Waals surface area contributed by atoms with Crippen LogP contribution in [0, 0.1) is 5.82 Å². The van der Waals surface area contributed by atoms with Gasteiger partial charge in [-0.1, -0.05) is 12.1 Å². The zero-order chi connectivity index (χ0) is 13.9. The zero-order valence-corrected chi connectivity index (χ0v) is 11.6. The van der Waals surface area contributed by atoms with E-state index in [9.17, 15) is 9.18 Å². The Hall–Kier alpha value is -1.26. The molecule has 4 heteroatoms. The van der Waals surface area contributed by atoms with E-state index in [4.69, 9.17) is 4.74 Å². The van der Waals surface area contributed by atoms with Crippen molar-refractivity contribution in [2.24, 2.45) is 0 Å². The van der Waals surface area contributed by atoms with E-state index in [1.807, 2.05) is 0 Å². The summed E-state index contributed by atoms with van der Waals surface area (Å²) in [4.78, 5) is 14.4. The number of nitrogens with zero attached hydrogens (tertiary/aromatic N) is 1. The van der Waals surface area contributed by atoms with Gasteiger partial charge in [-0.05, 0) is 31.4 Å². The predicted octanol–water partition coefficient (Wildman–Crippen LogP) is 2.65. The van der Waals surface area contributed by atoms with Crippen molar-refractivity contribution in [1.29, 1.82) is 0 Å². The van der Waals surface area contributed by atoms with Crippen LogP contribution in [0.3, 0.4) is 0 Å². The number of rotatable bonds is 4. The fraction of sp³-hybridized carbons (Fsp3) is 0.562. The summed E-state index contributed by atoms with van der Waals surface area (Å²) in [5, 5.41) is 0. The van der Waals surface area contributed by atoms with Crippen LogP contribution in [-0.4, -0.2) is 42.5 Å². The van der Waals surface area contributed by atoms with Gasteiger partial charge in [0, 0.05) is 25.6 Å². The van der Waals surface area contributed by atoms with Crippen LogP contribution in [0.2, 0.25) is 0 Å². The molecule has 0 bridgehead atoms. The first-order valence-electron chi connectivity index (χ1n) is 7.39. The van der Waals surface area contributed by atoms with Gasteiger partial charge in [0.1, 0.15) is 5.82 Å². The molecule has 1 aliphatic heterocycles. The molecule has 0 radical (unpaired) electrons. The highest BCUT2D eigenvalue weighted by molar-refractivity contribution is 5.96. The summed E-state index contributed by atoms with van der Waals surface area (Å²) in [6.07, 6.45) is 4.20. The minimum atomic E-state index is -0.418. The second kappa shape index (κ2) is 6.02. The van der Waals surface area contributed by atoms with E-state index in [-0.39, 0.29) is 11.3 Å². The van der Waals surface area contributed by atoms with Crippen molar-refractivity contribution < 1.29 is 13.9 Å². The lowest BCUT2D eigenvalue weighted by molar-refractivity contribution is -0.0550. The Balaban J connectivity index is 1.59. The maximum absolute atomic E-state index is 13.6. The van der Waals surface area contributed by atoms with Gasteiger partial charge in [-0.2, -0.15) is 0 Å². The van der Waals surface area contributed by atoms with Crippen LogP contribution in [0.4, 0.5) is 4.39 Å². The second-order valence-corrected chi connectivity index (χ2v) is 5.60. The monoisotopic (exact) mass is 277 g/mol. The number of ketones is 1. The van der Waals surface area contributed by atoms with E-state index in [2.05, 4.69) is 4.90 Å². The lowest BCUT2D eigenvalue weighted by Gasteiger charge is -2.37. The SMILES string of the molecule is O=C(CCN1CCOC2CCCC21)c1ccccc1F. The molecule has 0 amide bonds. The molecule has 2 unspecified atom stereocenters. The molecule has 0 aromatic heterocycles. The number of halogens is 1. The van der Waals surface area contributed by atoms with Crippen LogP contribution in [0.5, 0.6) is 0 Å². The summed E-state index contributed by atoms with van der Waals surface area (Å²) in [5.74, 6) is -0.526. The molecule has 1 saturated heterocycles. The maximum atomic E-state index is 13.6. The van der Waals surface area contributed by atoms with Crippen LogP contribution in [0.15, 0.2) is 24.3 Å². The van der Waals surface area contributed by atoms with E-state index >= 15 is 0 Å². The number of benzene rings is 1. The highest BCUT2D eigenvalue weighted by atomic mass is 19.1. The van der Waals surface area contributed by atoms with Gasteiger partial charge in [0.15, 0.2) is 5.78 Å². The van der Waals surface area contributed by atoms with E-state index in [0.29, 0.717) is 25.1 Å². The maximum Gasteiger partial charge on any atom is 0.167 e. The number of carbonyl (C=O) groups is 1. The molecule has 2 atom stereocenters. The zero-order valence-electron chi connectivity index (χ0n) is 11.6. The third kappa shape index (κ3) is 2.76. The standard InChI is InChI=1S/C16H20FNO2/c17-13-5-2-1-4-12(13)15(19)8-9-18-10-11-20-16-7-3-6-14(16)18/h1-2,4-5,14,16H,3,6-11H2. The average molecular weight is 277 g/mol. The first kappa shape index (κ1) is 13.7. The highest BCUT2D eigenvalue weighted by Crippen LogP contribution is 2.29. The minimum Gasteiger partial charge on any atom is -0.375 e. The smallest absolute Gasteiger partial charge is 0.167 e. The lowest BCUT2D eigenvalue weighted by Crippen LogP contribution is -2.49. The van der Waals surface area contributed by atoms with Gasteiger partial charge in [0.25, 0.3) is 0 Å². The number of Topliss-reactive ketones (excluding diaryl/α,β-unsaturated/α-hetero) is 1. The molecule has 2 fully saturated rings. The molecule has 3 nitrogen and oxygen atoms in total. The van der Waals surface area contributed by atoms with Crippen molar-refractivity contribution in [3.05, 3.63) is 35.6 Å². The fourth-order valence-electron chi connectivity index (χ4n) is 3.35. The first-order valence-corrected chi connectivity index (χ1v) is 7.39. The summed E-state index contributed by atoms with van der Waals surface area (Å²) in [7, 11) is 0. The van der Waals surface area contributed by atoms with Crippen molar-refractivity contribution in [1.82, 2.24) is 4.90 Å². The van der Waals surface area contributed by atoms with Crippen LogP contribution in [0.1, 0.15) is 36.0 Å². The first-order chi connectivity index (χ1) is 9.75. The van der Waals surface area contributed by atoms with Crippen LogP contribution < -0.4 is 0 Å². The normalized spacial score (nSPS) is 26.4. The van der Waals surface area contributed by atoms with Gasteiger partial charge in [-0.15, -0.1) is 0 Å². The Labute approximate surface area is 118 Å². The summed E-state index contributed by atoms with van der Waals surface area (Å²) < 4.78 is 19.3. The molecule has 108 valence electrons. The molecule has 1 saturated carbocycles. The van der Waals surface area contributed by atoms with Crippen molar-refractivity contribution in [3.63, 3.8) is 0 Å². The molecular formula is C16H20FNO2. The second-order valence-electron chi connectivity index (χ2n) is 5.60. The Morgan fingerprint density at radius 2 is 2.20 bits per heavy atom.